The summed E-state index contributed by atoms with van der Waals surface area (Å²) in [5.41, 5.74) is 2.68. The van der Waals surface area contributed by atoms with Gasteiger partial charge < -0.3 is 9.47 Å². The average molecular weight is 555 g/mol. The number of para-hydroxylation sites is 1. The number of aromatic nitrogens is 1. The highest BCUT2D eigenvalue weighted by molar-refractivity contribution is 9.10. The zero-order valence-electron chi connectivity index (χ0n) is 20.0. The second-order valence-electron chi connectivity index (χ2n) is 8.87. The quantitative estimate of drug-likeness (QED) is 0.205. The molecule has 186 valence electrons. The lowest BCUT2D eigenvalue weighted by molar-refractivity contribution is -0.137. The molecule has 0 bridgehead atoms. The van der Waals surface area contributed by atoms with Crippen LogP contribution in [0.1, 0.15) is 28.8 Å². The van der Waals surface area contributed by atoms with Crippen molar-refractivity contribution in [2.24, 2.45) is 0 Å². The number of alkyl halides is 3. The van der Waals surface area contributed by atoms with Crippen molar-refractivity contribution in [3.8, 4) is 28.2 Å². The Morgan fingerprint density at radius 1 is 0.833 bits per heavy atom. The minimum absolute atomic E-state index is 0.0479. The first-order chi connectivity index (χ1) is 17.1. The fourth-order valence-corrected chi connectivity index (χ4v) is 4.47. The van der Waals surface area contributed by atoms with Crippen molar-refractivity contribution in [2.45, 2.75) is 19.0 Å². The SMILES string of the molecule is CN(C)CCCC(=O)c1ccc(-c2ccc(-c3ccc(Br)cc3)n2-c2ccccc2C(F)(F)F)cc1. The van der Waals surface area contributed by atoms with E-state index in [1.165, 1.54) is 12.1 Å². The normalized spacial score (nSPS) is 11.8. The van der Waals surface area contributed by atoms with Crippen molar-refractivity contribution >= 4 is 21.7 Å². The number of nitrogens with zero attached hydrogens (tertiary/aromatic N) is 2. The van der Waals surface area contributed by atoms with Crippen LogP contribution in [-0.2, 0) is 6.18 Å². The Labute approximate surface area is 217 Å². The Hall–Kier alpha value is -3.16. The van der Waals surface area contributed by atoms with Crippen molar-refractivity contribution in [1.29, 1.82) is 0 Å². The molecule has 0 N–H and O–H groups in total. The number of hydrogen-bond donors (Lipinski definition) is 0. The molecule has 0 saturated carbocycles. The van der Waals surface area contributed by atoms with Crippen molar-refractivity contribution in [3.63, 3.8) is 0 Å². The third kappa shape index (κ3) is 5.79. The van der Waals surface area contributed by atoms with E-state index in [0.29, 0.717) is 23.4 Å². The van der Waals surface area contributed by atoms with Crippen molar-refractivity contribution in [1.82, 2.24) is 9.47 Å². The lowest BCUT2D eigenvalue weighted by Crippen LogP contribution is -2.14. The van der Waals surface area contributed by atoms with E-state index in [2.05, 4.69) is 15.9 Å². The first kappa shape index (κ1) is 25.9. The molecule has 0 radical (unpaired) electrons. The van der Waals surface area contributed by atoms with Gasteiger partial charge in [-0.25, -0.2) is 0 Å². The molecule has 0 spiro atoms. The van der Waals surface area contributed by atoms with Gasteiger partial charge in [-0.05, 0) is 74.6 Å². The number of carbonyl (C=O) groups excluding carboxylic acids is 1. The van der Waals surface area contributed by atoms with Crippen LogP contribution in [0, 0.1) is 0 Å². The molecule has 0 atom stereocenters. The van der Waals surface area contributed by atoms with E-state index in [-0.39, 0.29) is 11.5 Å². The number of ketones is 1. The first-order valence-electron chi connectivity index (χ1n) is 11.6. The Kier molecular flexibility index (Phi) is 7.81. The fourth-order valence-electron chi connectivity index (χ4n) is 4.20. The predicted molar refractivity (Wildman–Crippen MR) is 141 cm³/mol. The second kappa shape index (κ2) is 10.8. The van der Waals surface area contributed by atoms with Crippen molar-refractivity contribution in [3.05, 3.63) is 101 Å². The molecule has 1 aromatic heterocycles. The van der Waals surface area contributed by atoms with Crippen LogP contribution in [0.3, 0.4) is 0 Å². The summed E-state index contributed by atoms with van der Waals surface area (Å²) in [5, 5.41) is 0. The third-order valence-electron chi connectivity index (χ3n) is 5.98. The highest BCUT2D eigenvalue weighted by atomic mass is 79.9. The van der Waals surface area contributed by atoms with Gasteiger partial charge in [0.2, 0.25) is 0 Å². The lowest BCUT2D eigenvalue weighted by atomic mass is 10.0. The van der Waals surface area contributed by atoms with Crippen LogP contribution in [0.4, 0.5) is 13.2 Å². The van der Waals surface area contributed by atoms with E-state index in [9.17, 15) is 18.0 Å². The summed E-state index contributed by atoms with van der Waals surface area (Å²) in [6.45, 7) is 0.828. The molecule has 7 heteroatoms. The Morgan fingerprint density at radius 2 is 1.39 bits per heavy atom. The van der Waals surface area contributed by atoms with Crippen LogP contribution in [-0.4, -0.2) is 35.9 Å². The molecule has 4 aromatic rings. The predicted octanol–water partition coefficient (Wildman–Crippen LogP) is 8.12. The summed E-state index contributed by atoms with van der Waals surface area (Å²) >= 11 is 3.42. The molecular weight excluding hydrogens is 529 g/mol. The smallest absolute Gasteiger partial charge is 0.309 e. The Balaban J connectivity index is 1.79. The van der Waals surface area contributed by atoms with E-state index in [0.717, 1.165) is 34.6 Å². The van der Waals surface area contributed by atoms with Gasteiger partial charge in [0.1, 0.15) is 0 Å². The molecular formula is C29H26BrF3N2O. The van der Waals surface area contributed by atoms with Crippen molar-refractivity contribution < 1.29 is 18.0 Å². The van der Waals surface area contributed by atoms with Crippen molar-refractivity contribution in [2.75, 3.05) is 20.6 Å². The van der Waals surface area contributed by atoms with Gasteiger partial charge in [-0.2, -0.15) is 13.2 Å². The Bertz CT molecular complexity index is 1340. The summed E-state index contributed by atoms with van der Waals surface area (Å²) < 4.78 is 44.5. The summed E-state index contributed by atoms with van der Waals surface area (Å²) in [6.07, 6.45) is -3.31. The van der Waals surface area contributed by atoms with Gasteiger partial charge >= 0.3 is 6.18 Å². The largest absolute Gasteiger partial charge is 0.418 e. The number of halogens is 4. The maximum Gasteiger partial charge on any atom is 0.418 e. The molecule has 3 aromatic carbocycles. The molecule has 36 heavy (non-hydrogen) atoms. The highest BCUT2D eigenvalue weighted by Crippen LogP contribution is 2.39. The fraction of sp³-hybridized carbons (Fsp3) is 0.207. The van der Waals surface area contributed by atoms with E-state index in [1.54, 1.807) is 34.9 Å². The number of rotatable bonds is 8. The first-order valence-corrected chi connectivity index (χ1v) is 12.4. The van der Waals surface area contributed by atoms with Gasteiger partial charge in [0.15, 0.2) is 5.78 Å². The monoisotopic (exact) mass is 554 g/mol. The van der Waals surface area contributed by atoms with Gasteiger partial charge in [0.25, 0.3) is 0 Å². The molecule has 0 amide bonds. The van der Waals surface area contributed by atoms with E-state index >= 15 is 0 Å². The molecule has 4 rings (SSSR count). The van der Waals surface area contributed by atoms with E-state index < -0.39 is 11.7 Å². The minimum Gasteiger partial charge on any atom is -0.309 e. The molecule has 0 saturated heterocycles. The van der Waals surface area contributed by atoms with Gasteiger partial charge in [-0.1, -0.05) is 64.5 Å². The minimum atomic E-state index is -4.52. The number of carbonyl (C=O) groups is 1. The second-order valence-corrected chi connectivity index (χ2v) is 9.78. The van der Waals surface area contributed by atoms with Crippen LogP contribution >= 0.6 is 15.9 Å². The summed E-state index contributed by atoms with van der Waals surface area (Å²) in [6, 6.07) is 23.8. The van der Waals surface area contributed by atoms with Crippen LogP contribution in [0.5, 0.6) is 0 Å². The molecule has 3 nitrogen and oxygen atoms in total. The van der Waals surface area contributed by atoms with Gasteiger partial charge in [-0.3, -0.25) is 4.79 Å². The standard InChI is InChI=1S/C29H26BrF3N2O/c1-34(2)19-5-8-28(36)22-11-9-20(10-12-22)25-17-18-26(21-13-15-23(30)16-14-21)35(25)27-7-4-3-6-24(27)29(31,32)33/h3-4,6-7,9-18H,5,8,19H2,1-2H3. The summed E-state index contributed by atoms with van der Waals surface area (Å²) in [5.74, 6) is 0.0525. The van der Waals surface area contributed by atoms with E-state index in [1.807, 2.05) is 55.4 Å². The van der Waals surface area contributed by atoms with Crippen LogP contribution in [0.2, 0.25) is 0 Å². The topological polar surface area (TPSA) is 25.2 Å². The summed E-state index contributed by atoms with van der Waals surface area (Å²) in [4.78, 5) is 14.6. The van der Waals surface area contributed by atoms with Gasteiger partial charge in [0, 0.05) is 16.5 Å². The zero-order chi connectivity index (χ0) is 25.9. The number of Topliss-reactive ketones (excluding diaryl/α,β-unsaturated/α-hetero) is 1. The van der Waals surface area contributed by atoms with Gasteiger partial charge in [0.05, 0.1) is 22.6 Å². The molecule has 1 heterocycles. The maximum absolute atomic E-state index is 14.0. The molecule has 0 aliphatic heterocycles. The van der Waals surface area contributed by atoms with Crippen LogP contribution < -0.4 is 0 Å². The van der Waals surface area contributed by atoms with Gasteiger partial charge in [-0.15, -0.1) is 0 Å². The molecule has 0 unspecified atom stereocenters. The Morgan fingerprint density at radius 3 is 1.94 bits per heavy atom. The summed E-state index contributed by atoms with van der Waals surface area (Å²) in [7, 11) is 3.93. The van der Waals surface area contributed by atoms with Crippen LogP contribution in [0.25, 0.3) is 28.2 Å². The molecule has 0 fully saturated rings. The zero-order valence-corrected chi connectivity index (χ0v) is 21.6. The van der Waals surface area contributed by atoms with E-state index in [4.69, 9.17) is 0 Å². The van der Waals surface area contributed by atoms with Crippen LogP contribution in [0.15, 0.2) is 89.4 Å². The highest BCUT2D eigenvalue weighted by Gasteiger charge is 2.34. The average Bonchev–Trinajstić information content (AvgIpc) is 3.29. The number of hydrogen-bond acceptors (Lipinski definition) is 2. The third-order valence-corrected chi connectivity index (χ3v) is 6.51. The molecule has 0 aliphatic rings. The number of benzene rings is 3. The maximum atomic E-state index is 14.0. The molecule has 0 aliphatic carbocycles. The lowest BCUT2D eigenvalue weighted by Gasteiger charge is -2.19.